The van der Waals surface area contributed by atoms with E-state index in [1.807, 2.05) is 6.92 Å². The molecular weight excluding hydrogens is 190 g/mol. The Morgan fingerprint density at radius 3 is 3.13 bits per heavy atom. The topological polar surface area (TPSA) is 29.5 Å². The summed E-state index contributed by atoms with van der Waals surface area (Å²) in [4.78, 5) is 14.1. The average Bonchev–Trinajstić information content (AvgIpc) is 2.51. The lowest BCUT2D eigenvalue weighted by Crippen LogP contribution is -2.38. The minimum Gasteiger partial charge on any atom is -0.462 e. The maximum Gasteiger partial charge on any atom is 0.335 e. The van der Waals surface area contributed by atoms with Gasteiger partial charge in [0.05, 0.1) is 12.2 Å². The third kappa shape index (κ3) is 1.93. The molecule has 2 unspecified atom stereocenters. The molecule has 0 spiro atoms. The summed E-state index contributed by atoms with van der Waals surface area (Å²) >= 11 is 0. The molecule has 15 heavy (non-hydrogen) atoms. The van der Waals surface area contributed by atoms with Gasteiger partial charge in [-0.15, -0.1) is 0 Å². The van der Waals surface area contributed by atoms with Crippen LogP contribution < -0.4 is 0 Å². The normalized spacial score (nSPS) is 30.1. The van der Waals surface area contributed by atoms with Crippen molar-refractivity contribution in [2.45, 2.75) is 44.7 Å². The number of esters is 1. The molecule has 0 N–H and O–H groups in total. The number of carbonyl (C=O) groups excluding carboxylic acids is 1. The van der Waals surface area contributed by atoms with Gasteiger partial charge < -0.3 is 4.74 Å². The summed E-state index contributed by atoms with van der Waals surface area (Å²) in [5.41, 5.74) is 0.889. The van der Waals surface area contributed by atoms with Crippen molar-refractivity contribution in [2.75, 3.05) is 13.7 Å². The van der Waals surface area contributed by atoms with Gasteiger partial charge in [-0.3, -0.25) is 4.90 Å². The largest absolute Gasteiger partial charge is 0.462 e. The molecule has 0 saturated carbocycles. The third-order valence-electron chi connectivity index (χ3n) is 3.48. The van der Waals surface area contributed by atoms with E-state index >= 15 is 0 Å². The third-order valence-corrected chi connectivity index (χ3v) is 3.48. The molecule has 3 nitrogen and oxygen atoms in total. The van der Waals surface area contributed by atoms with Crippen LogP contribution >= 0.6 is 0 Å². The molecule has 0 aliphatic carbocycles. The second-order valence-electron chi connectivity index (χ2n) is 4.44. The molecule has 2 rings (SSSR count). The summed E-state index contributed by atoms with van der Waals surface area (Å²) in [5.74, 6) is -0.103. The van der Waals surface area contributed by atoms with Crippen LogP contribution in [0.1, 0.15) is 32.6 Å². The Morgan fingerprint density at radius 1 is 1.60 bits per heavy atom. The number of hydrogen-bond acceptors (Lipinski definition) is 3. The zero-order valence-corrected chi connectivity index (χ0v) is 9.53. The van der Waals surface area contributed by atoms with Crippen molar-refractivity contribution >= 4 is 5.97 Å². The van der Waals surface area contributed by atoms with Crippen LogP contribution in [0.3, 0.4) is 0 Å². The molecule has 0 aromatic carbocycles. The molecule has 2 atom stereocenters. The fourth-order valence-electron chi connectivity index (χ4n) is 2.57. The Balaban J connectivity index is 2.03. The Morgan fingerprint density at radius 2 is 2.40 bits per heavy atom. The minimum absolute atomic E-state index is 0.103. The molecule has 0 radical (unpaired) electrons. The van der Waals surface area contributed by atoms with Gasteiger partial charge in [0.15, 0.2) is 0 Å². The first kappa shape index (κ1) is 10.7. The van der Waals surface area contributed by atoms with Crippen LogP contribution in [0.2, 0.25) is 0 Å². The first-order valence-corrected chi connectivity index (χ1v) is 5.83. The molecule has 1 saturated heterocycles. The number of rotatable bonds is 3. The Kier molecular flexibility index (Phi) is 3.10. The molecule has 0 amide bonds. The zero-order valence-electron chi connectivity index (χ0n) is 9.53. The van der Waals surface area contributed by atoms with Gasteiger partial charge in [-0.25, -0.2) is 4.79 Å². The van der Waals surface area contributed by atoms with Gasteiger partial charge in [0, 0.05) is 12.1 Å². The molecule has 1 fully saturated rings. The Labute approximate surface area is 91.1 Å². The molecule has 2 heterocycles. The molecule has 2 aliphatic rings. The van der Waals surface area contributed by atoms with E-state index in [0.717, 1.165) is 24.8 Å². The first-order chi connectivity index (χ1) is 7.24. The summed E-state index contributed by atoms with van der Waals surface area (Å²) in [7, 11) is 2.11. The van der Waals surface area contributed by atoms with Crippen molar-refractivity contribution in [1.29, 1.82) is 0 Å². The van der Waals surface area contributed by atoms with E-state index in [-0.39, 0.29) is 5.97 Å². The van der Waals surface area contributed by atoms with E-state index in [4.69, 9.17) is 4.74 Å². The highest BCUT2D eigenvalue weighted by molar-refractivity contribution is 5.90. The predicted molar refractivity (Wildman–Crippen MR) is 58.5 cm³/mol. The van der Waals surface area contributed by atoms with Crippen LogP contribution in [-0.2, 0) is 9.53 Å². The zero-order chi connectivity index (χ0) is 10.8. The summed E-state index contributed by atoms with van der Waals surface area (Å²) in [6, 6.07) is 0.964. The van der Waals surface area contributed by atoms with Crippen LogP contribution in [0.25, 0.3) is 0 Å². The van der Waals surface area contributed by atoms with E-state index in [1.54, 1.807) is 0 Å². The highest BCUT2D eigenvalue weighted by atomic mass is 16.5. The van der Waals surface area contributed by atoms with E-state index in [9.17, 15) is 4.79 Å². The average molecular weight is 209 g/mol. The Bertz CT molecular complexity index is 285. The van der Waals surface area contributed by atoms with Gasteiger partial charge in [0.1, 0.15) is 0 Å². The lowest BCUT2D eigenvalue weighted by Gasteiger charge is -2.30. The lowest BCUT2D eigenvalue weighted by molar-refractivity contribution is -0.139. The van der Waals surface area contributed by atoms with Gasteiger partial charge in [0.2, 0.25) is 0 Å². The van der Waals surface area contributed by atoms with E-state index in [2.05, 4.69) is 18.0 Å². The molecule has 0 aromatic heterocycles. The summed E-state index contributed by atoms with van der Waals surface area (Å²) in [6.45, 7) is 2.55. The van der Waals surface area contributed by atoms with Crippen molar-refractivity contribution in [1.82, 2.24) is 4.90 Å². The number of fused-ring (bicyclic) bond motifs is 2. The first-order valence-electron chi connectivity index (χ1n) is 5.83. The van der Waals surface area contributed by atoms with Crippen molar-refractivity contribution in [3.8, 4) is 0 Å². The second-order valence-corrected chi connectivity index (χ2v) is 4.44. The van der Waals surface area contributed by atoms with Crippen LogP contribution in [0.5, 0.6) is 0 Å². The van der Waals surface area contributed by atoms with Gasteiger partial charge in [-0.2, -0.15) is 0 Å². The van der Waals surface area contributed by atoms with Crippen LogP contribution in [0.15, 0.2) is 11.6 Å². The van der Waals surface area contributed by atoms with Crippen LogP contribution in [-0.4, -0.2) is 36.6 Å². The molecule has 2 aliphatic heterocycles. The predicted octanol–water partition coefficient (Wildman–Crippen LogP) is 1.73. The van der Waals surface area contributed by atoms with Crippen LogP contribution in [0.4, 0.5) is 0 Å². The van der Waals surface area contributed by atoms with Crippen molar-refractivity contribution in [2.24, 2.45) is 0 Å². The maximum absolute atomic E-state index is 11.8. The van der Waals surface area contributed by atoms with Crippen molar-refractivity contribution < 1.29 is 9.53 Å². The minimum atomic E-state index is -0.103. The molecule has 0 aromatic rings. The monoisotopic (exact) mass is 209 g/mol. The van der Waals surface area contributed by atoms with E-state index in [1.165, 1.54) is 6.42 Å². The fraction of sp³-hybridized carbons (Fsp3) is 0.750. The standard InChI is InChI=1S/C12H19NO2/c1-3-8-15-12(14)10-6-4-9-5-7-11(10)13(9)2/h6,9,11H,3-5,7-8H2,1-2H3. The van der Waals surface area contributed by atoms with Gasteiger partial charge in [0.25, 0.3) is 0 Å². The fourth-order valence-corrected chi connectivity index (χ4v) is 2.57. The highest BCUT2D eigenvalue weighted by Gasteiger charge is 2.38. The van der Waals surface area contributed by atoms with E-state index in [0.29, 0.717) is 18.7 Å². The van der Waals surface area contributed by atoms with Gasteiger partial charge >= 0.3 is 5.97 Å². The molecule has 3 heteroatoms. The van der Waals surface area contributed by atoms with E-state index < -0.39 is 0 Å². The number of likely N-dealkylation sites (N-methyl/N-ethyl adjacent to an activating group) is 1. The van der Waals surface area contributed by atoms with Gasteiger partial charge in [-0.1, -0.05) is 13.0 Å². The van der Waals surface area contributed by atoms with Crippen molar-refractivity contribution in [3.63, 3.8) is 0 Å². The summed E-state index contributed by atoms with van der Waals surface area (Å²) in [5, 5.41) is 0. The Hall–Kier alpha value is -0.830. The number of ether oxygens (including phenoxy) is 1. The van der Waals surface area contributed by atoms with Gasteiger partial charge in [-0.05, 0) is 32.7 Å². The molecular formula is C12H19NO2. The quantitative estimate of drug-likeness (QED) is 0.663. The highest BCUT2D eigenvalue weighted by Crippen LogP contribution is 2.34. The number of carbonyl (C=O) groups is 1. The number of hydrogen-bond donors (Lipinski definition) is 0. The SMILES string of the molecule is CCCOC(=O)C1=CCC2CCC1N2C. The molecule has 2 bridgehead atoms. The second kappa shape index (κ2) is 4.35. The smallest absolute Gasteiger partial charge is 0.335 e. The summed E-state index contributed by atoms with van der Waals surface area (Å²) in [6.07, 6.45) is 6.29. The molecule has 84 valence electrons. The lowest BCUT2D eigenvalue weighted by atomic mass is 10.0. The number of nitrogens with zero attached hydrogens (tertiary/aromatic N) is 1. The summed E-state index contributed by atoms with van der Waals surface area (Å²) < 4.78 is 5.20. The maximum atomic E-state index is 11.8. The van der Waals surface area contributed by atoms with Crippen molar-refractivity contribution in [3.05, 3.63) is 11.6 Å². The van der Waals surface area contributed by atoms with Crippen LogP contribution in [0, 0.1) is 0 Å².